The van der Waals surface area contributed by atoms with Gasteiger partial charge in [-0.05, 0) is 35.4 Å². The van der Waals surface area contributed by atoms with Crippen LogP contribution in [0.25, 0.3) is 5.57 Å². The van der Waals surface area contributed by atoms with Crippen molar-refractivity contribution in [1.29, 1.82) is 0 Å². The average Bonchev–Trinajstić information content (AvgIpc) is 2.59. The molecule has 1 atom stereocenters. The quantitative estimate of drug-likeness (QED) is 0.512. The molecule has 1 aliphatic carbocycles. The first kappa shape index (κ1) is 9.20. The molecule has 1 aromatic carbocycles. The van der Waals surface area contributed by atoms with Crippen LogP contribution in [0.4, 0.5) is 0 Å². The molecule has 1 aromatic rings. The van der Waals surface area contributed by atoms with E-state index in [0.29, 0.717) is 11.5 Å². The molecule has 2 rings (SSSR count). The lowest BCUT2D eigenvalue weighted by molar-refractivity contribution is -0.103. The number of carbonyl (C=O) groups is 1. The monoisotopic (exact) mass is 186 g/mol. The second kappa shape index (κ2) is 3.41. The maximum atomic E-state index is 10.6. The number of allylic oxidation sites excluding steroid dienone is 1. The normalized spacial score (nSPS) is 19.1. The zero-order valence-electron chi connectivity index (χ0n) is 8.42. The Balaban J connectivity index is 2.44. The van der Waals surface area contributed by atoms with Crippen LogP contribution in [0.2, 0.25) is 0 Å². The molecule has 0 heterocycles. The van der Waals surface area contributed by atoms with E-state index in [-0.39, 0.29) is 0 Å². The van der Waals surface area contributed by atoms with E-state index in [4.69, 9.17) is 0 Å². The Morgan fingerprint density at radius 1 is 1.57 bits per heavy atom. The minimum absolute atomic E-state index is 0.576. The minimum atomic E-state index is 0.576. The van der Waals surface area contributed by atoms with Gasteiger partial charge in [-0.2, -0.15) is 0 Å². The lowest BCUT2D eigenvalue weighted by Crippen LogP contribution is -1.90. The summed E-state index contributed by atoms with van der Waals surface area (Å²) in [6.07, 6.45) is 3.22. The molecule has 0 fully saturated rings. The number of fused-ring (bicyclic) bond motifs is 1. The van der Waals surface area contributed by atoms with E-state index in [0.717, 1.165) is 11.8 Å². The third kappa shape index (κ3) is 1.39. The molecule has 0 spiro atoms. The fraction of sp³-hybridized carbons (Fsp3) is 0.308. The van der Waals surface area contributed by atoms with Gasteiger partial charge < -0.3 is 0 Å². The van der Waals surface area contributed by atoms with Gasteiger partial charge in [-0.25, -0.2) is 0 Å². The van der Waals surface area contributed by atoms with Crippen molar-refractivity contribution in [1.82, 2.24) is 0 Å². The van der Waals surface area contributed by atoms with Crippen LogP contribution < -0.4 is 0 Å². The standard InChI is InChI=1S/C13H14O/c1-9-3-4-11-5-6-12(7-13(9)11)10(2)8-14/h5-9H,2-4H2,1H3. The molecule has 0 aromatic heterocycles. The van der Waals surface area contributed by atoms with Crippen LogP contribution in [0.3, 0.4) is 0 Å². The van der Waals surface area contributed by atoms with Gasteiger partial charge in [0.1, 0.15) is 6.29 Å². The molecule has 0 aliphatic heterocycles. The summed E-state index contributed by atoms with van der Waals surface area (Å²) < 4.78 is 0. The number of carbonyl (C=O) groups excluding carboxylic acids is 1. The van der Waals surface area contributed by atoms with Gasteiger partial charge in [0.2, 0.25) is 0 Å². The Hall–Kier alpha value is -1.37. The maximum Gasteiger partial charge on any atom is 0.150 e. The van der Waals surface area contributed by atoms with E-state index < -0.39 is 0 Å². The Morgan fingerprint density at radius 2 is 2.36 bits per heavy atom. The first-order valence-corrected chi connectivity index (χ1v) is 4.99. The highest BCUT2D eigenvalue weighted by Gasteiger charge is 2.18. The average molecular weight is 186 g/mol. The number of hydrogen-bond acceptors (Lipinski definition) is 1. The molecule has 0 saturated heterocycles. The summed E-state index contributed by atoms with van der Waals surface area (Å²) in [7, 11) is 0. The van der Waals surface area contributed by atoms with Crippen molar-refractivity contribution in [3.05, 3.63) is 41.5 Å². The number of rotatable bonds is 2. The van der Waals surface area contributed by atoms with E-state index >= 15 is 0 Å². The van der Waals surface area contributed by atoms with Crippen LogP contribution >= 0.6 is 0 Å². The molecule has 1 heteroatoms. The molecular formula is C13H14O. The molecular weight excluding hydrogens is 172 g/mol. The van der Waals surface area contributed by atoms with Crippen molar-refractivity contribution in [3.63, 3.8) is 0 Å². The topological polar surface area (TPSA) is 17.1 Å². The van der Waals surface area contributed by atoms with Gasteiger partial charge in [-0.15, -0.1) is 0 Å². The Labute approximate surface area is 84.5 Å². The van der Waals surface area contributed by atoms with Gasteiger partial charge in [0, 0.05) is 5.57 Å². The second-order valence-corrected chi connectivity index (χ2v) is 4.00. The van der Waals surface area contributed by atoms with Crippen LogP contribution in [0.15, 0.2) is 24.8 Å². The highest BCUT2D eigenvalue weighted by atomic mass is 16.1. The molecule has 1 unspecified atom stereocenters. The van der Waals surface area contributed by atoms with Crippen molar-refractivity contribution < 1.29 is 4.79 Å². The summed E-state index contributed by atoms with van der Waals surface area (Å²) in [5, 5.41) is 0. The maximum absolute atomic E-state index is 10.6. The smallest absolute Gasteiger partial charge is 0.150 e. The molecule has 0 radical (unpaired) electrons. The zero-order chi connectivity index (χ0) is 10.1. The summed E-state index contributed by atoms with van der Waals surface area (Å²) in [4.78, 5) is 10.6. The van der Waals surface area contributed by atoms with Crippen LogP contribution in [-0.2, 0) is 11.2 Å². The SMILES string of the molecule is C=C(C=O)c1ccc2c(c1)C(C)CC2. The van der Waals surface area contributed by atoms with Crippen LogP contribution in [0.5, 0.6) is 0 Å². The summed E-state index contributed by atoms with van der Waals surface area (Å²) in [6.45, 7) is 5.96. The van der Waals surface area contributed by atoms with Crippen molar-refractivity contribution in [2.75, 3.05) is 0 Å². The van der Waals surface area contributed by atoms with Gasteiger partial charge in [-0.1, -0.05) is 31.7 Å². The van der Waals surface area contributed by atoms with Crippen molar-refractivity contribution in [3.8, 4) is 0 Å². The summed E-state index contributed by atoms with van der Waals surface area (Å²) in [5.74, 6) is 0.629. The Kier molecular flexibility index (Phi) is 2.24. The number of aldehydes is 1. The van der Waals surface area contributed by atoms with Gasteiger partial charge in [0.05, 0.1) is 0 Å². The third-order valence-corrected chi connectivity index (χ3v) is 3.04. The van der Waals surface area contributed by atoms with E-state index in [1.165, 1.54) is 24.0 Å². The fourth-order valence-corrected chi connectivity index (χ4v) is 2.08. The molecule has 1 nitrogen and oxygen atoms in total. The summed E-state index contributed by atoms with van der Waals surface area (Å²) in [5.41, 5.74) is 4.37. The Morgan fingerprint density at radius 3 is 3.07 bits per heavy atom. The van der Waals surface area contributed by atoms with Crippen LogP contribution in [-0.4, -0.2) is 6.29 Å². The largest absolute Gasteiger partial charge is 0.298 e. The third-order valence-electron chi connectivity index (χ3n) is 3.04. The van der Waals surface area contributed by atoms with Crippen molar-refractivity contribution in [2.45, 2.75) is 25.7 Å². The van der Waals surface area contributed by atoms with E-state index in [1.807, 2.05) is 6.07 Å². The van der Waals surface area contributed by atoms with Gasteiger partial charge in [0.15, 0.2) is 0 Å². The lowest BCUT2D eigenvalue weighted by Gasteiger charge is -2.06. The second-order valence-electron chi connectivity index (χ2n) is 4.00. The van der Waals surface area contributed by atoms with Gasteiger partial charge in [-0.3, -0.25) is 4.79 Å². The molecule has 0 N–H and O–H groups in total. The van der Waals surface area contributed by atoms with Crippen molar-refractivity contribution in [2.24, 2.45) is 0 Å². The highest BCUT2D eigenvalue weighted by molar-refractivity contribution is 6.05. The predicted octanol–water partition coefficient (Wildman–Crippen LogP) is 2.95. The number of benzene rings is 1. The highest BCUT2D eigenvalue weighted by Crippen LogP contribution is 2.33. The molecule has 0 amide bonds. The first-order chi connectivity index (χ1) is 6.72. The molecule has 0 bridgehead atoms. The van der Waals surface area contributed by atoms with Crippen LogP contribution in [0, 0.1) is 0 Å². The van der Waals surface area contributed by atoms with Crippen molar-refractivity contribution >= 4 is 11.9 Å². The van der Waals surface area contributed by atoms with Gasteiger partial charge in [0.25, 0.3) is 0 Å². The van der Waals surface area contributed by atoms with E-state index in [2.05, 4.69) is 25.6 Å². The lowest BCUT2D eigenvalue weighted by atomic mass is 9.98. The summed E-state index contributed by atoms with van der Waals surface area (Å²) in [6, 6.07) is 6.24. The minimum Gasteiger partial charge on any atom is -0.298 e. The molecule has 72 valence electrons. The first-order valence-electron chi connectivity index (χ1n) is 4.99. The predicted molar refractivity (Wildman–Crippen MR) is 58.3 cm³/mol. The molecule has 1 aliphatic rings. The fourth-order valence-electron chi connectivity index (χ4n) is 2.08. The molecule has 14 heavy (non-hydrogen) atoms. The number of hydrogen-bond donors (Lipinski definition) is 0. The summed E-state index contributed by atoms with van der Waals surface area (Å²) >= 11 is 0. The molecule has 0 saturated carbocycles. The number of aryl methyl sites for hydroxylation is 1. The zero-order valence-corrected chi connectivity index (χ0v) is 8.42. The van der Waals surface area contributed by atoms with E-state index in [9.17, 15) is 4.79 Å². The van der Waals surface area contributed by atoms with Crippen LogP contribution in [0.1, 0.15) is 36.0 Å². The Bertz CT molecular complexity index is 390. The van der Waals surface area contributed by atoms with Gasteiger partial charge >= 0.3 is 0 Å². The van der Waals surface area contributed by atoms with E-state index in [1.54, 1.807) is 0 Å².